The number of allylic oxidation sites excluding steroid dienone is 21. The number of hydrogen-bond acceptors (Lipinski definition) is 3. The number of hydrogen-bond donors (Lipinski definition) is 3. The van der Waals surface area contributed by atoms with Crippen molar-refractivity contribution in [2.45, 2.75) is 283 Å². The molecule has 1 amide bonds. The zero-order valence-electron chi connectivity index (χ0n) is 47.2. The quantitative estimate of drug-likeness (QED) is 0.0420. The van der Waals surface area contributed by atoms with E-state index in [9.17, 15) is 15.0 Å². The Balaban J connectivity index is 3.65. The van der Waals surface area contributed by atoms with Crippen LogP contribution in [0.1, 0.15) is 271 Å². The minimum atomic E-state index is -0.885. The first-order chi connectivity index (χ1) is 35.7. The summed E-state index contributed by atoms with van der Waals surface area (Å²) in [7, 11) is 0. The maximum Gasteiger partial charge on any atom is 0.220 e. The van der Waals surface area contributed by atoms with Gasteiger partial charge in [0.2, 0.25) is 5.91 Å². The van der Waals surface area contributed by atoms with Crippen LogP contribution in [0.15, 0.2) is 134 Å². The third kappa shape index (κ3) is 57.4. The van der Waals surface area contributed by atoms with Crippen molar-refractivity contribution in [1.82, 2.24) is 5.32 Å². The zero-order valence-corrected chi connectivity index (χ0v) is 47.2. The van der Waals surface area contributed by atoms with Crippen LogP contribution in [-0.2, 0) is 4.79 Å². The zero-order chi connectivity index (χ0) is 52.0. The Bertz CT molecular complexity index is 1450. The van der Waals surface area contributed by atoms with Crippen LogP contribution < -0.4 is 5.32 Å². The van der Waals surface area contributed by atoms with Crippen molar-refractivity contribution in [1.29, 1.82) is 0 Å². The summed E-state index contributed by atoms with van der Waals surface area (Å²) < 4.78 is 0. The minimum Gasteiger partial charge on any atom is -0.394 e. The summed E-state index contributed by atoms with van der Waals surface area (Å²) in [6.45, 7) is 4.18. The van der Waals surface area contributed by atoms with E-state index in [2.05, 4.69) is 141 Å². The third-order valence-corrected chi connectivity index (χ3v) is 13.1. The topological polar surface area (TPSA) is 69.6 Å². The molecule has 0 bridgehead atoms. The van der Waals surface area contributed by atoms with Gasteiger partial charge in [0, 0.05) is 6.42 Å². The lowest BCUT2D eigenvalue weighted by Crippen LogP contribution is -2.45. The van der Waals surface area contributed by atoms with Crippen LogP contribution >= 0.6 is 0 Å². The Morgan fingerprint density at radius 1 is 0.347 bits per heavy atom. The first-order valence-corrected chi connectivity index (χ1v) is 30.4. The highest BCUT2D eigenvalue weighted by Gasteiger charge is 2.18. The lowest BCUT2D eigenvalue weighted by atomic mass is 10.0. The largest absolute Gasteiger partial charge is 0.394 e. The van der Waals surface area contributed by atoms with E-state index in [4.69, 9.17) is 0 Å². The first kappa shape index (κ1) is 68.5. The fraction of sp³-hybridized carbons (Fsp3) is 0.662. The summed E-state index contributed by atoms with van der Waals surface area (Å²) >= 11 is 0. The molecule has 0 aliphatic rings. The second-order valence-electron chi connectivity index (χ2n) is 20.0. The van der Waals surface area contributed by atoms with Crippen molar-refractivity contribution in [2.24, 2.45) is 0 Å². The van der Waals surface area contributed by atoms with E-state index < -0.39 is 12.1 Å². The Morgan fingerprint density at radius 3 is 0.972 bits per heavy atom. The normalized spacial score (nSPS) is 13.8. The molecule has 0 saturated heterocycles. The van der Waals surface area contributed by atoms with E-state index in [1.807, 2.05) is 6.08 Å². The summed E-state index contributed by atoms with van der Waals surface area (Å²) in [5.41, 5.74) is 0. The molecule has 0 heterocycles. The Morgan fingerprint density at radius 2 is 0.625 bits per heavy atom. The van der Waals surface area contributed by atoms with Crippen LogP contribution in [0.4, 0.5) is 0 Å². The van der Waals surface area contributed by atoms with Crippen LogP contribution in [-0.4, -0.2) is 34.9 Å². The fourth-order valence-electron chi connectivity index (χ4n) is 8.52. The van der Waals surface area contributed by atoms with Gasteiger partial charge in [0.05, 0.1) is 18.8 Å². The second kappa shape index (κ2) is 61.8. The molecule has 410 valence electrons. The molecule has 0 radical (unpaired) electrons. The minimum absolute atomic E-state index is 0.0906. The number of carbonyl (C=O) groups excluding carboxylic acids is 1. The van der Waals surface area contributed by atoms with Crippen molar-refractivity contribution in [3.63, 3.8) is 0 Å². The number of aliphatic hydroxyl groups excluding tert-OH is 2. The summed E-state index contributed by atoms with van der Waals surface area (Å²) in [5.74, 6) is -0.0906. The van der Waals surface area contributed by atoms with E-state index in [1.165, 1.54) is 148 Å². The molecular weight excluding hydrogens is 879 g/mol. The predicted octanol–water partition coefficient (Wildman–Crippen LogP) is 20.6. The predicted molar refractivity (Wildman–Crippen MR) is 322 cm³/mol. The molecule has 0 aromatic carbocycles. The van der Waals surface area contributed by atoms with Gasteiger partial charge in [-0.1, -0.05) is 289 Å². The van der Waals surface area contributed by atoms with Crippen molar-refractivity contribution >= 4 is 5.91 Å². The first-order valence-electron chi connectivity index (χ1n) is 30.4. The number of carbonyl (C=O) groups is 1. The van der Waals surface area contributed by atoms with Gasteiger partial charge in [0.25, 0.3) is 0 Å². The molecule has 0 spiro atoms. The van der Waals surface area contributed by atoms with Gasteiger partial charge >= 0.3 is 0 Å². The van der Waals surface area contributed by atoms with E-state index in [0.717, 1.165) is 103 Å². The Hall–Kier alpha value is -3.47. The van der Waals surface area contributed by atoms with Crippen LogP contribution in [0.3, 0.4) is 0 Å². The molecule has 0 fully saturated rings. The smallest absolute Gasteiger partial charge is 0.220 e. The highest BCUT2D eigenvalue weighted by atomic mass is 16.3. The van der Waals surface area contributed by atoms with Crippen molar-refractivity contribution in [2.75, 3.05) is 6.61 Å². The van der Waals surface area contributed by atoms with E-state index >= 15 is 0 Å². The SMILES string of the molecule is CC/C=C\C/C=C\C/C=C\C/C=C\C/C=C\C/C=C\C/C=C\C/C=C\CCCCCCCCCCC(=O)NC(CO)C(O)/C=C/CC/C=C/CC/C=C/CCCCCCCCCCCCCCCCCCC. The van der Waals surface area contributed by atoms with Gasteiger partial charge in [-0.25, -0.2) is 0 Å². The average molecular weight is 995 g/mol. The monoisotopic (exact) mass is 994 g/mol. The maximum absolute atomic E-state index is 12.5. The number of aliphatic hydroxyl groups is 2. The molecule has 3 N–H and O–H groups in total. The van der Waals surface area contributed by atoms with Gasteiger partial charge in [0.15, 0.2) is 0 Å². The molecule has 72 heavy (non-hydrogen) atoms. The summed E-state index contributed by atoms with van der Waals surface area (Å²) in [5, 5.41) is 23.2. The van der Waals surface area contributed by atoms with Gasteiger partial charge in [-0.3, -0.25) is 4.79 Å². The summed E-state index contributed by atoms with van der Waals surface area (Å²) in [4.78, 5) is 12.5. The summed E-state index contributed by atoms with van der Waals surface area (Å²) in [6, 6.07) is -0.662. The average Bonchev–Trinajstić information content (AvgIpc) is 3.39. The van der Waals surface area contributed by atoms with Gasteiger partial charge < -0.3 is 15.5 Å². The maximum atomic E-state index is 12.5. The van der Waals surface area contributed by atoms with E-state index in [0.29, 0.717) is 6.42 Å². The number of rotatable bonds is 54. The second-order valence-corrected chi connectivity index (χ2v) is 20.0. The highest BCUT2D eigenvalue weighted by Crippen LogP contribution is 2.15. The van der Waals surface area contributed by atoms with Gasteiger partial charge in [-0.2, -0.15) is 0 Å². The molecule has 0 aromatic rings. The highest BCUT2D eigenvalue weighted by molar-refractivity contribution is 5.76. The molecule has 2 atom stereocenters. The molecule has 0 aromatic heterocycles. The third-order valence-electron chi connectivity index (χ3n) is 13.1. The fourth-order valence-corrected chi connectivity index (χ4v) is 8.52. The standard InChI is InChI=1S/C68H115NO3/c1-3-5-7-9-11-13-15-17-19-21-23-25-27-29-31-32-33-34-35-36-38-40-42-44-46-48-50-52-54-56-58-60-62-64-68(72)69-66(65-70)67(71)63-61-59-57-55-53-51-49-47-45-43-41-39-37-30-28-26-24-22-20-18-16-14-12-10-8-6-4-2/h5,7,11,13,17,19,23,25,29,31,33-34,36,38,42,44-45,47,53,55,61,63,66-67,70-71H,3-4,6,8-10,12,14-16,18,20-22,24,26-28,30,32,35,37,39-41,43,46,48-52,54,56-60,62,64-65H2,1-2H3,(H,69,72)/b7-5-,13-11-,19-17-,25-23-,31-29-,34-33-,38-36-,44-42-,47-45+,55-53+,63-61+. The Kier molecular flexibility index (Phi) is 58.8. The molecule has 4 nitrogen and oxygen atoms in total. The lowest BCUT2D eigenvalue weighted by molar-refractivity contribution is -0.123. The van der Waals surface area contributed by atoms with Crippen molar-refractivity contribution in [3.8, 4) is 0 Å². The van der Waals surface area contributed by atoms with Crippen molar-refractivity contribution in [3.05, 3.63) is 134 Å². The summed E-state index contributed by atoms with van der Waals surface area (Å²) in [6.07, 6.45) is 96.2. The lowest BCUT2D eigenvalue weighted by Gasteiger charge is -2.19. The van der Waals surface area contributed by atoms with E-state index in [-0.39, 0.29) is 12.5 Å². The van der Waals surface area contributed by atoms with Gasteiger partial charge in [0.1, 0.15) is 0 Å². The van der Waals surface area contributed by atoms with Crippen LogP contribution in [0.5, 0.6) is 0 Å². The molecule has 4 heteroatoms. The van der Waals surface area contributed by atoms with Crippen LogP contribution in [0.2, 0.25) is 0 Å². The number of nitrogens with one attached hydrogen (secondary N) is 1. The molecule has 2 unspecified atom stereocenters. The molecule has 0 rings (SSSR count). The molecule has 0 saturated carbocycles. The van der Waals surface area contributed by atoms with Crippen LogP contribution in [0, 0.1) is 0 Å². The van der Waals surface area contributed by atoms with Crippen molar-refractivity contribution < 1.29 is 15.0 Å². The van der Waals surface area contributed by atoms with Gasteiger partial charge in [-0.05, 0) is 109 Å². The molecule has 0 aliphatic heterocycles. The molecular formula is C68H115NO3. The number of unbranched alkanes of at least 4 members (excludes halogenated alkanes) is 27. The van der Waals surface area contributed by atoms with Gasteiger partial charge in [-0.15, -0.1) is 0 Å². The Labute approximate surface area is 447 Å². The van der Waals surface area contributed by atoms with E-state index in [1.54, 1.807) is 6.08 Å². The molecule has 0 aliphatic carbocycles. The van der Waals surface area contributed by atoms with Crippen LogP contribution in [0.25, 0.3) is 0 Å². The number of amides is 1.